The van der Waals surface area contributed by atoms with Crippen molar-refractivity contribution in [2.45, 2.75) is 24.7 Å². The van der Waals surface area contributed by atoms with E-state index in [1.54, 1.807) is 0 Å². The fraction of sp³-hybridized carbons (Fsp3) is 0.588. The number of benzene rings is 1. The topological polar surface area (TPSA) is 43.8 Å². The average Bonchev–Trinajstić information content (AvgIpc) is 3.29. The molecule has 0 bridgehead atoms. The fourth-order valence-electron chi connectivity index (χ4n) is 3.10. The smallest absolute Gasteiger partial charge is 0.314 e. The largest absolute Gasteiger partial charge is 0.481 e. The first-order chi connectivity index (χ1) is 10.1. The Hall–Kier alpha value is -1.39. The molecule has 0 unspecified atom stereocenters. The van der Waals surface area contributed by atoms with Crippen LogP contribution in [0.4, 0.5) is 0 Å². The van der Waals surface area contributed by atoms with Gasteiger partial charge in [-0.25, -0.2) is 0 Å². The standard InChI is InChI=1S/C17H24N2O2/c1-18-10-12-19(13-11-18)9-6-14-2-4-15(5-3-14)17(7-8-17)16(20)21/h2-5H,6-13H2,1H3,(H,20,21). The molecule has 1 N–H and O–H groups in total. The Bertz CT molecular complexity index is 500. The number of piperazine rings is 1. The van der Waals surface area contributed by atoms with Gasteiger partial charge in [0.2, 0.25) is 0 Å². The highest BCUT2D eigenvalue weighted by molar-refractivity contribution is 5.84. The Morgan fingerprint density at radius 2 is 1.76 bits per heavy atom. The molecule has 0 aromatic heterocycles. The lowest BCUT2D eigenvalue weighted by Gasteiger charge is -2.32. The normalized spacial score (nSPS) is 22.1. The summed E-state index contributed by atoms with van der Waals surface area (Å²) in [6, 6.07) is 8.24. The van der Waals surface area contributed by atoms with Crippen molar-refractivity contribution in [3.63, 3.8) is 0 Å². The molecule has 4 heteroatoms. The van der Waals surface area contributed by atoms with Crippen LogP contribution in [0.15, 0.2) is 24.3 Å². The summed E-state index contributed by atoms with van der Waals surface area (Å²) in [4.78, 5) is 16.2. The number of nitrogens with zero attached hydrogens (tertiary/aromatic N) is 2. The first-order valence-electron chi connectivity index (χ1n) is 7.84. The first-order valence-corrected chi connectivity index (χ1v) is 7.84. The lowest BCUT2D eigenvalue weighted by molar-refractivity contribution is -0.140. The van der Waals surface area contributed by atoms with Crippen molar-refractivity contribution in [1.29, 1.82) is 0 Å². The zero-order chi connectivity index (χ0) is 14.9. The van der Waals surface area contributed by atoms with Gasteiger partial charge in [-0.1, -0.05) is 24.3 Å². The number of hydrogen-bond donors (Lipinski definition) is 1. The zero-order valence-corrected chi connectivity index (χ0v) is 12.7. The van der Waals surface area contributed by atoms with E-state index in [0.29, 0.717) is 0 Å². The lowest BCUT2D eigenvalue weighted by atomic mass is 9.95. The number of aliphatic carboxylic acids is 1. The number of carboxylic acid groups (broad SMARTS) is 1. The van der Waals surface area contributed by atoms with Gasteiger partial charge in [-0.05, 0) is 37.4 Å². The van der Waals surface area contributed by atoms with Crippen LogP contribution < -0.4 is 0 Å². The Kier molecular flexibility index (Phi) is 4.00. The molecule has 4 nitrogen and oxygen atoms in total. The summed E-state index contributed by atoms with van der Waals surface area (Å²) in [7, 11) is 2.17. The van der Waals surface area contributed by atoms with Gasteiger partial charge in [0, 0.05) is 32.7 Å². The van der Waals surface area contributed by atoms with Crippen LogP contribution in [0.25, 0.3) is 0 Å². The van der Waals surface area contributed by atoms with E-state index in [1.165, 1.54) is 5.56 Å². The number of likely N-dealkylation sites (N-methyl/N-ethyl adjacent to an activating group) is 1. The third kappa shape index (κ3) is 3.11. The lowest BCUT2D eigenvalue weighted by Crippen LogP contribution is -2.45. The molecule has 0 atom stereocenters. The van der Waals surface area contributed by atoms with E-state index < -0.39 is 11.4 Å². The Morgan fingerprint density at radius 3 is 2.29 bits per heavy atom. The second kappa shape index (κ2) is 5.78. The Balaban J connectivity index is 1.54. The monoisotopic (exact) mass is 288 g/mol. The molecule has 1 heterocycles. The minimum atomic E-state index is -0.673. The van der Waals surface area contributed by atoms with E-state index in [4.69, 9.17) is 0 Å². The van der Waals surface area contributed by atoms with Gasteiger partial charge in [-0.3, -0.25) is 4.79 Å². The fourth-order valence-corrected chi connectivity index (χ4v) is 3.10. The van der Waals surface area contributed by atoms with Crippen molar-refractivity contribution in [2.24, 2.45) is 0 Å². The maximum absolute atomic E-state index is 11.3. The third-order valence-corrected chi connectivity index (χ3v) is 4.98. The molecule has 114 valence electrons. The highest BCUT2D eigenvalue weighted by atomic mass is 16.4. The minimum absolute atomic E-state index is 0.573. The van der Waals surface area contributed by atoms with Crippen LogP contribution in [-0.4, -0.2) is 60.6 Å². The summed E-state index contributed by atoms with van der Waals surface area (Å²) >= 11 is 0. The average molecular weight is 288 g/mol. The molecule has 1 saturated heterocycles. The summed E-state index contributed by atoms with van der Waals surface area (Å²) in [6.45, 7) is 5.70. The quantitative estimate of drug-likeness (QED) is 0.893. The Morgan fingerprint density at radius 1 is 1.14 bits per heavy atom. The molecule has 1 aliphatic heterocycles. The molecule has 0 radical (unpaired) electrons. The summed E-state index contributed by atoms with van der Waals surface area (Å²) in [5.41, 5.74) is 1.70. The third-order valence-electron chi connectivity index (χ3n) is 4.98. The van der Waals surface area contributed by atoms with E-state index >= 15 is 0 Å². The Labute approximate surface area is 126 Å². The summed E-state index contributed by atoms with van der Waals surface area (Å²) < 4.78 is 0. The minimum Gasteiger partial charge on any atom is -0.481 e. The molecular weight excluding hydrogens is 264 g/mol. The van der Waals surface area contributed by atoms with Crippen molar-refractivity contribution in [2.75, 3.05) is 39.8 Å². The zero-order valence-electron chi connectivity index (χ0n) is 12.7. The van der Waals surface area contributed by atoms with Crippen molar-refractivity contribution >= 4 is 5.97 Å². The SMILES string of the molecule is CN1CCN(CCc2ccc(C3(C(=O)O)CC3)cc2)CC1. The van der Waals surface area contributed by atoms with Crippen LogP contribution in [0.1, 0.15) is 24.0 Å². The van der Waals surface area contributed by atoms with Crippen LogP contribution in [0.5, 0.6) is 0 Å². The molecule has 1 aromatic carbocycles. The van der Waals surface area contributed by atoms with Gasteiger partial charge >= 0.3 is 5.97 Å². The summed E-state index contributed by atoms with van der Waals surface area (Å²) in [5.74, 6) is -0.673. The molecule has 0 amide bonds. The molecular formula is C17H24N2O2. The van der Waals surface area contributed by atoms with E-state index in [2.05, 4.69) is 29.0 Å². The number of carbonyl (C=O) groups is 1. The van der Waals surface area contributed by atoms with Crippen molar-refractivity contribution in [3.05, 3.63) is 35.4 Å². The maximum Gasteiger partial charge on any atom is 0.314 e. The van der Waals surface area contributed by atoms with E-state index in [1.807, 2.05) is 12.1 Å². The van der Waals surface area contributed by atoms with E-state index in [-0.39, 0.29) is 0 Å². The second-order valence-corrected chi connectivity index (χ2v) is 6.48. The van der Waals surface area contributed by atoms with Crippen molar-refractivity contribution in [1.82, 2.24) is 9.80 Å². The van der Waals surface area contributed by atoms with Crippen molar-refractivity contribution in [3.8, 4) is 0 Å². The van der Waals surface area contributed by atoms with Gasteiger partial charge in [0.1, 0.15) is 0 Å². The first kappa shape index (κ1) is 14.5. The van der Waals surface area contributed by atoms with Gasteiger partial charge in [0.05, 0.1) is 5.41 Å². The molecule has 1 aliphatic carbocycles. The molecule has 21 heavy (non-hydrogen) atoms. The number of rotatable bonds is 5. The van der Waals surface area contributed by atoms with Crippen LogP contribution in [0, 0.1) is 0 Å². The maximum atomic E-state index is 11.3. The van der Waals surface area contributed by atoms with Crippen LogP contribution in [0.3, 0.4) is 0 Å². The van der Waals surface area contributed by atoms with Crippen molar-refractivity contribution < 1.29 is 9.90 Å². The van der Waals surface area contributed by atoms with Gasteiger partial charge in [-0.15, -0.1) is 0 Å². The molecule has 1 aromatic rings. The van der Waals surface area contributed by atoms with Gasteiger partial charge in [0.15, 0.2) is 0 Å². The number of carboxylic acids is 1. The summed E-state index contributed by atoms with van der Waals surface area (Å²) in [5, 5.41) is 9.31. The molecule has 2 aliphatic rings. The predicted octanol–water partition coefficient (Wildman–Crippen LogP) is 1.59. The second-order valence-electron chi connectivity index (χ2n) is 6.48. The van der Waals surface area contributed by atoms with Gasteiger partial charge in [0.25, 0.3) is 0 Å². The van der Waals surface area contributed by atoms with E-state index in [9.17, 15) is 9.90 Å². The molecule has 0 spiro atoms. The highest BCUT2D eigenvalue weighted by Gasteiger charge is 2.51. The highest BCUT2D eigenvalue weighted by Crippen LogP contribution is 2.48. The molecule has 3 rings (SSSR count). The number of hydrogen-bond acceptors (Lipinski definition) is 3. The van der Waals surface area contributed by atoms with Gasteiger partial charge in [-0.2, -0.15) is 0 Å². The van der Waals surface area contributed by atoms with Crippen LogP contribution >= 0.6 is 0 Å². The molecule has 2 fully saturated rings. The predicted molar refractivity (Wildman–Crippen MR) is 82.6 cm³/mol. The summed E-state index contributed by atoms with van der Waals surface area (Å²) in [6.07, 6.45) is 2.61. The van der Waals surface area contributed by atoms with Crippen LogP contribution in [0.2, 0.25) is 0 Å². The van der Waals surface area contributed by atoms with Crippen LogP contribution in [-0.2, 0) is 16.6 Å². The van der Waals surface area contributed by atoms with E-state index in [0.717, 1.165) is 57.5 Å². The van der Waals surface area contributed by atoms with Gasteiger partial charge < -0.3 is 14.9 Å². The molecule has 1 saturated carbocycles.